The SMILES string of the molecule is C[C@H](Sc1ccc(F)c(F)c1)C(=O)Nc1ccc(Cl)cc1. The summed E-state index contributed by atoms with van der Waals surface area (Å²) in [7, 11) is 0. The van der Waals surface area contributed by atoms with E-state index in [0.29, 0.717) is 15.6 Å². The van der Waals surface area contributed by atoms with Crippen LogP contribution in [0.3, 0.4) is 0 Å². The summed E-state index contributed by atoms with van der Waals surface area (Å²) in [5.41, 5.74) is 0.627. The van der Waals surface area contributed by atoms with Gasteiger partial charge in [0, 0.05) is 15.6 Å². The smallest absolute Gasteiger partial charge is 0.237 e. The Morgan fingerprint density at radius 1 is 1.14 bits per heavy atom. The van der Waals surface area contributed by atoms with Gasteiger partial charge >= 0.3 is 0 Å². The normalized spacial score (nSPS) is 12.0. The average molecular weight is 328 g/mol. The van der Waals surface area contributed by atoms with Crippen molar-refractivity contribution in [2.45, 2.75) is 17.1 Å². The molecule has 6 heteroatoms. The molecule has 0 radical (unpaired) electrons. The number of carbonyl (C=O) groups excluding carboxylic acids is 1. The Bertz CT molecular complexity index is 649. The molecule has 0 aliphatic heterocycles. The Morgan fingerprint density at radius 3 is 2.43 bits per heavy atom. The van der Waals surface area contributed by atoms with Gasteiger partial charge in [0.05, 0.1) is 5.25 Å². The lowest BCUT2D eigenvalue weighted by molar-refractivity contribution is -0.115. The lowest BCUT2D eigenvalue weighted by Crippen LogP contribution is -2.22. The van der Waals surface area contributed by atoms with Crippen LogP contribution in [0.1, 0.15) is 6.92 Å². The molecule has 1 N–H and O–H groups in total. The standard InChI is InChI=1S/C15H12ClF2NOS/c1-9(21-12-6-7-13(17)14(18)8-12)15(20)19-11-4-2-10(16)3-5-11/h2-9H,1H3,(H,19,20)/t9-/m0/s1. The lowest BCUT2D eigenvalue weighted by atomic mass is 10.3. The number of amides is 1. The average Bonchev–Trinajstić information content (AvgIpc) is 2.45. The first-order valence-electron chi connectivity index (χ1n) is 6.14. The molecule has 0 saturated carbocycles. The Kier molecular flexibility index (Phi) is 5.20. The van der Waals surface area contributed by atoms with Crippen molar-refractivity contribution in [1.82, 2.24) is 0 Å². The van der Waals surface area contributed by atoms with Gasteiger partial charge in [-0.3, -0.25) is 4.79 Å². The minimum absolute atomic E-state index is 0.230. The molecule has 2 aromatic rings. The molecule has 0 fully saturated rings. The minimum atomic E-state index is -0.926. The van der Waals surface area contributed by atoms with Crippen LogP contribution in [0, 0.1) is 11.6 Å². The molecule has 0 unspecified atom stereocenters. The highest BCUT2D eigenvalue weighted by Gasteiger charge is 2.15. The third kappa shape index (κ3) is 4.44. The molecule has 0 bridgehead atoms. The Labute approximate surface area is 130 Å². The van der Waals surface area contributed by atoms with Crippen LogP contribution in [0.15, 0.2) is 47.4 Å². The summed E-state index contributed by atoms with van der Waals surface area (Å²) < 4.78 is 26.0. The van der Waals surface area contributed by atoms with Gasteiger partial charge in [0.2, 0.25) is 5.91 Å². The number of carbonyl (C=O) groups is 1. The fourth-order valence-electron chi connectivity index (χ4n) is 1.58. The highest BCUT2D eigenvalue weighted by molar-refractivity contribution is 8.00. The first-order chi connectivity index (χ1) is 9.95. The van der Waals surface area contributed by atoms with Gasteiger partial charge in [-0.15, -0.1) is 11.8 Å². The topological polar surface area (TPSA) is 29.1 Å². The van der Waals surface area contributed by atoms with Crippen LogP contribution in [0.2, 0.25) is 5.02 Å². The van der Waals surface area contributed by atoms with Gasteiger partial charge in [0.15, 0.2) is 11.6 Å². The van der Waals surface area contributed by atoms with Gasteiger partial charge in [0.1, 0.15) is 0 Å². The lowest BCUT2D eigenvalue weighted by Gasteiger charge is -2.12. The summed E-state index contributed by atoms with van der Waals surface area (Å²) in [6.45, 7) is 1.69. The van der Waals surface area contributed by atoms with E-state index >= 15 is 0 Å². The molecular weight excluding hydrogens is 316 g/mol. The van der Waals surface area contributed by atoms with E-state index < -0.39 is 16.9 Å². The van der Waals surface area contributed by atoms with Crippen LogP contribution >= 0.6 is 23.4 Å². The Hall–Kier alpha value is -1.59. The van der Waals surface area contributed by atoms with E-state index in [0.717, 1.165) is 23.9 Å². The molecule has 0 heterocycles. The molecule has 0 saturated heterocycles. The van der Waals surface area contributed by atoms with E-state index in [2.05, 4.69) is 5.32 Å². The van der Waals surface area contributed by atoms with E-state index in [1.54, 1.807) is 31.2 Å². The number of anilines is 1. The van der Waals surface area contributed by atoms with Crippen molar-refractivity contribution in [3.63, 3.8) is 0 Å². The summed E-state index contributed by atoms with van der Waals surface area (Å²) >= 11 is 6.91. The molecule has 2 nitrogen and oxygen atoms in total. The van der Waals surface area contributed by atoms with E-state index in [4.69, 9.17) is 11.6 Å². The van der Waals surface area contributed by atoms with Crippen LogP contribution in [0.4, 0.5) is 14.5 Å². The molecule has 110 valence electrons. The molecule has 0 aromatic heterocycles. The third-order valence-corrected chi connectivity index (χ3v) is 4.03. The Morgan fingerprint density at radius 2 is 1.81 bits per heavy atom. The number of thioether (sulfide) groups is 1. The fourth-order valence-corrected chi connectivity index (χ4v) is 2.60. The summed E-state index contributed by atoms with van der Waals surface area (Å²) in [6, 6.07) is 10.3. The number of benzene rings is 2. The first kappa shape index (κ1) is 15.8. The van der Waals surface area contributed by atoms with Crippen molar-refractivity contribution in [2.75, 3.05) is 5.32 Å². The molecular formula is C15H12ClF2NOS. The summed E-state index contributed by atoms with van der Waals surface area (Å²) in [5.74, 6) is -2.06. The van der Waals surface area contributed by atoms with E-state index in [9.17, 15) is 13.6 Å². The summed E-state index contributed by atoms with van der Waals surface area (Å²) in [5, 5.41) is 2.86. The van der Waals surface area contributed by atoms with Crippen LogP contribution in [-0.2, 0) is 4.79 Å². The Balaban J connectivity index is 1.98. The van der Waals surface area contributed by atoms with Crippen molar-refractivity contribution in [3.8, 4) is 0 Å². The molecule has 21 heavy (non-hydrogen) atoms. The van der Waals surface area contributed by atoms with Crippen LogP contribution in [-0.4, -0.2) is 11.2 Å². The van der Waals surface area contributed by atoms with Crippen molar-refractivity contribution < 1.29 is 13.6 Å². The van der Waals surface area contributed by atoms with Gasteiger partial charge in [-0.25, -0.2) is 8.78 Å². The maximum Gasteiger partial charge on any atom is 0.237 e. The van der Waals surface area contributed by atoms with Crippen molar-refractivity contribution in [1.29, 1.82) is 0 Å². The molecule has 0 aliphatic rings. The zero-order valence-corrected chi connectivity index (χ0v) is 12.6. The van der Waals surface area contributed by atoms with Gasteiger partial charge in [-0.05, 0) is 49.4 Å². The van der Waals surface area contributed by atoms with Crippen molar-refractivity contribution >= 4 is 35.0 Å². The second-order valence-electron chi connectivity index (χ2n) is 4.33. The van der Waals surface area contributed by atoms with Gasteiger partial charge in [0.25, 0.3) is 0 Å². The van der Waals surface area contributed by atoms with Gasteiger partial charge in [-0.1, -0.05) is 11.6 Å². The molecule has 0 aliphatic carbocycles. The van der Waals surface area contributed by atoms with Crippen LogP contribution < -0.4 is 5.32 Å². The monoisotopic (exact) mass is 327 g/mol. The molecule has 2 rings (SSSR count). The van der Waals surface area contributed by atoms with Gasteiger partial charge < -0.3 is 5.32 Å². The number of hydrogen-bond acceptors (Lipinski definition) is 2. The predicted octanol–water partition coefficient (Wildman–Crippen LogP) is 4.74. The maximum absolute atomic E-state index is 13.1. The maximum atomic E-state index is 13.1. The van der Waals surface area contributed by atoms with Crippen molar-refractivity contribution in [3.05, 3.63) is 59.1 Å². The molecule has 2 aromatic carbocycles. The van der Waals surface area contributed by atoms with Crippen LogP contribution in [0.5, 0.6) is 0 Å². The quantitative estimate of drug-likeness (QED) is 0.822. The first-order valence-corrected chi connectivity index (χ1v) is 7.39. The number of rotatable bonds is 4. The third-order valence-electron chi connectivity index (χ3n) is 2.68. The van der Waals surface area contributed by atoms with Crippen molar-refractivity contribution in [2.24, 2.45) is 0 Å². The number of halogens is 3. The second-order valence-corrected chi connectivity index (χ2v) is 6.18. The minimum Gasteiger partial charge on any atom is -0.325 e. The van der Waals surface area contributed by atoms with Crippen LogP contribution in [0.25, 0.3) is 0 Å². The second kappa shape index (κ2) is 6.91. The zero-order valence-electron chi connectivity index (χ0n) is 11.1. The summed E-state index contributed by atoms with van der Waals surface area (Å²) in [6.07, 6.45) is 0. The number of nitrogens with one attached hydrogen (secondary N) is 1. The highest BCUT2D eigenvalue weighted by atomic mass is 35.5. The van der Waals surface area contributed by atoms with Gasteiger partial charge in [-0.2, -0.15) is 0 Å². The molecule has 1 atom stereocenters. The number of hydrogen-bond donors (Lipinski definition) is 1. The predicted molar refractivity (Wildman–Crippen MR) is 81.8 cm³/mol. The molecule has 0 spiro atoms. The largest absolute Gasteiger partial charge is 0.325 e. The highest BCUT2D eigenvalue weighted by Crippen LogP contribution is 2.25. The van der Waals surface area contributed by atoms with E-state index in [1.807, 2.05) is 0 Å². The molecule has 1 amide bonds. The van der Waals surface area contributed by atoms with E-state index in [1.165, 1.54) is 6.07 Å². The fraction of sp³-hybridized carbons (Fsp3) is 0.133. The summed E-state index contributed by atoms with van der Waals surface area (Å²) in [4.78, 5) is 12.5. The zero-order chi connectivity index (χ0) is 15.4. The van der Waals surface area contributed by atoms with E-state index in [-0.39, 0.29) is 5.91 Å².